The average Bonchev–Trinajstić information content (AvgIpc) is 2.82. The van der Waals surface area contributed by atoms with Crippen LogP contribution in [0, 0.1) is 10.1 Å². The maximum Gasteiger partial charge on any atom is 0.324 e. The Morgan fingerprint density at radius 1 is 1.22 bits per heavy atom. The lowest BCUT2D eigenvalue weighted by Gasteiger charge is -2.04. The van der Waals surface area contributed by atoms with Gasteiger partial charge >= 0.3 is 6.03 Å². The Labute approximate surface area is 101 Å². The number of anilines is 2. The van der Waals surface area contributed by atoms with Crippen molar-refractivity contribution in [3.8, 4) is 0 Å². The first-order chi connectivity index (χ1) is 8.65. The molecule has 8 nitrogen and oxygen atoms in total. The van der Waals surface area contributed by atoms with Crippen molar-refractivity contribution in [3.05, 3.63) is 46.7 Å². The van der Waals surface area contributed by atoms with Crippen molar-refractivity contribution < 1.29 is 14.2 Å². The molecule has 1 heterocycles. The molecule has 0 spiro atoms. The Bertz CT molecular complexity index is 550. The van der Waals surface area contributed by atoms with Crippen LogP contribution in [0.3, 0.4) is 0 Å². The van der Waals surface area contributed by atoms with Crippen molar-refractivity contribution in [3.63, 3.8) is 0 Å². The lowest BCUT2D eigenvalue weighted by molar-refractivity contribution is -0.384. The van der Waals surface area contributed by atoms with Crippen LogP contribution in [0.5, 0.6) is 0 Å². The number of urea groups is 1. The van der Waals surface area contributed by atoms with Crippen LogP contribution in [0.4, 0.5) is 22.0 Å². The molecule has 2 amide bonds. The normalized spacial score (nSPS) is 9.78. The summed E-state index contributed by atoms with van der Waals surface area (Å²) in [5.74, 6) is 0.273. The van der Waals surface area contributed by atoms with Gasteiger partial charge in [-0.1, -0.05) is 5.16 Å². The number of hydrogen-bond acceptors (Lipinski definition) is 5. The second-order valence-electron chi connectivity index (χ2n) is 3.27. The van der Waals surface area contributed by atoms with Crippen LogP contribution in [0.25, 0.3) is 0 Å². The van der Waals surface area contributed by atoms with Gasteiger partial charge in [-0.2, -0.15) is 0 Å². The van der Waals surface area contributed by atoms with Gasteiger partial charge in [0.15, 0.2) is 5.82 Å². The van der Waals surface area contributed by atoms with Crippen LogP contribution in [0.1, 0.15) is 0 Å². The quantitative estimate of drug-likeness (QED) is 0.639. The highest BCUT2D eigenvalue weighted by Gasteiger charge is 2.07. The topological polar surface area (TPSA) is 110 Å². The highest BCUT2D eigenvalue weighted by atomic mass is 16.6. The molecule has 0 saturated carbocycles. The van der Waals surface area contributed by atoms with Gasteiger partial charge in [-0.3, -0.25) is 15.4 Å². The van der Waals surface area contributed by atoms with E-state index in [2.05, 4.69) is 20.3 Å². The van der Waals surface area contributed by atoms with Gasteiger partial charge in [0.05, 0.1) is 4.92 Å². The number of carbonyl (C=O) groups excluding carboxylic acids is 1. The van der Waals surface area contributed by atoms with Crippen molar-refractivity contribution in [2.24, 2.45) is 0 Å². The fourth-order valence-corrected chi connectivity index (χ4v) is 1.22. The van der Waals surface area contributed by atoms with E-state index in [4.69, 9.17) is 0 Å². The van der Waals surface area contributed by atoms with E-state index in [1.807, 2.05) is 0 Å². The minimum atomic E-state index is -0.516. The Morgan fingerprint density at radius 3 is 2.50 bits per heavy atom. The Balaban J connectivity index is 1.97. The summed E-state index contributed by atoms with van der Waals surface area (Å²) in [7, 11) is 0. The van der Waals surface area contributed by atoms with E-state index < -0.39 is 11.0 Å². The van der Waals surface area contributed by atoms with Crippen LogP contribution >= 0.6 is 0 Å². The Kier molecular flexibility index (Phi) is 3.19. The number of hydrogen-bond donors (Lipinski definition) is 2. The molecule has 2 aromatic rings. The lowest BCUT2D eigenvalue weighted by atomic mass is 10.3. The van der Waals surface area contributed by atoms with Gasteiger partial charge in [-0.15, -0.1) is 0 Å². The minimum absolute atomic E-state index is 0.0440. The average molecular weight is 248 g/mol. The van der Waals surface area contributed by atoms with Gasteiger partial charge in [0, 0.05) is 23.9 Å². The fourth-order valence-electron chi connectivity index (χ4n) is 1.22. The van der Waals surface area contributed by atoms with E-state index >= 15 is 0 Å². The molecule has 18 heavy (non-hydrogen) atoms. The molecular weight excluding hydrogens is 240 g/mol. The maximum absolute atomic E-state index is 11.5. The van der Waals surface area contributed by atoms with Crippen LogP contribution in [0.2, 0.25) is 0 Å². The van der Waals surface area contributed by atoms with Crippen molar-refractivity contribution in [2.45, 2.75) is 0 Å². The number of non-ortho nitro benzene ring substituents is 1. The van der Waals surface area contributed by atoms with E-state index in [0.717, 1.165) is 0 Å². The molecule has 92 valence electrons. The van der Waals surface area contributed by atoms with E-state index in [1.165, 1.54) is 36.6 Å². The number of amides is 2. The van der Waals surface area contributed by atoms with Crippen molar-refractivity contribution in [2.75, 3.05) is 10.6 Å². The van der Waals surface area contributed by atoms with Gasteiger partial charge in [0.1, 0.15) is 6.26 Å². The molecule has 0 aliphatic rings. The van der Waals surface area contributed by atoms with Crippen LogP contribution < -0.4 is 10.6 Å². The number of nitrogens with zero attached hydrogens (tertiary/aromatic N) is 2. The minimum Gasteiger partial charge on any atom is -0.363 e. The Hall–Kier alpha value is -2.90. The van der Waals surface area contributed by atoms with Gasteiger partial charge < -0.3 is 9.84 Å². The molecule has 0 saturated heterocycles. The molecule has 2 rings (SSSR count). The first-order valence-corrected chi connectivity index (χ1v) is 4.88. The summed E-state index contributed by atoms with van der Waals surface area (Å²) in [6.45, 7) is 0. The first kappa shape index (κ1) is 11.6. The predicted octanol–water partition coefficient (Wildman–Crippen LogP) is 2.23. The first-order valence-electron chi connectivity index (χ1n) is 4.88. The smallest absolute Gasteiger partial charge is 0.324 e. The third-order valence-corrected chi connectivity index (χ3v) is 2.02. The molecule has 0 radical (unpaired) electrons. The van der Waals surface area contributed by atoms with Gasteiger partial charge in [0.2, 0.25) is 0 Å². The molecule has 0 aliphatic heterocycles. The van der Waals surface area contributed by atoms with E-state index in [0.29, 0.717) is 5.69 Å². The summed E-state index contributed by atoms with van der Waals surface area (Å²) in [6.07, 6.45) is 1.32. The SMILES string of the molecule is O=C(Nc1ccc([N+](=O)[O-])cc1)Nc1ccon1. The number of nitrogens with one attached hydrogen (secondary N) is 2. The van der Waals surface area contributed by atoms with Crippen LogP contribution in [-0.2, 0) is 0 Å². The molecule has 0 atom stereocenters. The second kappa shape index (κ2) is 4.95. The molecule has 0 fully saturated rings. The molecule has 1 aromatic heterocycles. The zero-order valence-corrected chi connectivity index (χ0v) is 8.99. The standard InChI is InChI=1S/C10H8N4O4/c15-10(12-9-5-6-18-13-9)11-7-1-3-8(4-2-7)14(16)17/h1-6H,(H2,11,12,13,15). The molecule has 2 N–H and O–H groups in total. The van der Waals surface area contributed by atoms with E-state index in [-0.39, 0.29) is 11.5 Å². The number of carbonyl (C=O) groups is 1. The summed E-state index contributed by atoms with van der Waals surface area (Å²) in [5, 5.41) is 18.8. The van der Waals surface area contributed by atoms with Crippen molar-refractivity contribution >= 4 is 23.2 Å². The third kappa shape index (κ3) is 2.82. The van der Waals surface area contributed by atoms with Crippen molar-refractivity contribution in [1.82, 2.24) is 5.16 Å². The highest BCUT2D eigenvalue weighted by Crippen LogP contribution is 2.15. The summed E-state index contributed by atoms with van der Waals surface area (Å²) in [5.41, 5.74) is 0.388. The van der Waals surface area contributed by atoms with Gasteiger partial charge in [0.25, 0.3) is 5.69 Å². The number of aromatic nitrogens is 1. The monoisotopic (exact) mass is 248 g/mol. The summed E-state index contributed by atoms with van der Waals surface area (Å²) >= 11 is 0. The number of nitro benzene ring substituents is 1. The molecular formula is C10H8N4O4. The van der Waals surface area contributed by atoms with Crippen molar-refractivity contribution in [1.29, 1.82) is 0 Å². The fraction of sp³-hybridized carbons (Fsp3) is 0. The van der Waals surface area contributed by atoms with E-state index in [1.54, 1.807) is 0 Å². The predicted molar refractivity (Wildman–Crippen MR) is 62.2 cm³/mol. The summed E-state index contributed by atoms with van der Waals surface area (Å²) in [4.78, 5) is 21.4. The van der Waals surface area contributed by atoms with Gasteiger partial charge in [-0.05, 0) is 12.1 Å². The third-order valence-electron chi connectivity index (χ3n) is 2.02. The van der Waals surface area contributed by atoms with E-state index in [9.17, 15) is 14.9 Å². The zero-order chi connectivity index (χ0) is 13.0. The molecule has 1 aromatic carbocycles. The molecule has 0 unspecified atom stereocenters. The van der Waals surface area contributed by atoms with Gasteiger partial charge in [-0.25, -0.2) is 4.79 Å². The second-order valence-corrected chi connectivity index (χ2v) is 3.27. The van der Waals surface area contributed by atoms with Crippen LogP contribution in [-0.4, -0.2) is 16.1 Å². The zero-order valence-electron chi connectivity index (χ0n) is 8.99. The summed E-state index contributed by atoms with van der Waals surface area (Å²) in [6, 6.07) is 6.42. The largest absolute Gasteiger partial charge is 0.363 e. The molecule has 8 heteroatoms. The van der Waals surface area contributed by atoms with Crippen LogP contribution in [0.15, 0.2) is 41.1 Å². The number of rotatable bonds is 3. The Morgan fingerprint density at radius 2 is 1.94 bits per heavy atom. The maximum atomic E-state index is 11.5. The number of nitro groups is 1. The molecule has 0 aliphatic carbocycles. The lowest BCUT2D eigenvalue weighted by Crippen LogP contribution is -2.19. The summed E-state index contributed by atoms with van der Waals surface area (Å²) < 4.78 is 4.54. The molecule has 0 bridgehead atoms. The highest BCUT2D eigenvalue weighted by molar-refractivity contribution is 5.99. The number of benzene rings is 1.